The summed E-state index contributed by atoms with van der Waals surface area (Å²) in [7, 11) is 1.62. The van der Waals surface area contributed by atoms with E-state index in [1.165, 1.54) is 12.8 Å². The molecule has 7 heteroatoms. The number of aliphatic hydroxyl groups excluding tert-OH is 1. The Hall–Kier alpha value is -3.06. The van der Waals surface area contributed by atoms with Crippen molar-refractivity contribution in [2.75, 3.05) is 13.7 Å². The summed E-state index contributed by atoms with van der Waals surface area (Å²) in [6, 6.07) is 5.58. The molecule has 3 aromatic heterocycles. The van der Waals surface area contributed by atoms with Crippen LogP contribution >= 0.6 is 0 Å². The van der Waals surface area contributed by atoms with Crippen LogP contribution in [-0.2, 0) is 0 Å². The molecular formula is C22H26N4O3. The molecule has 1 aliphatic rings. The zero-order valence-corrected chi connectivity index (χ0v) is 16.9. The van der Waals surface area contributed by atoms with Crippen molar-refractivity contribution < 1.29 is 14.6 Å². The van der Waals surface area contributed by atoms with Crippen molar-refractivity contribution in [1.82, 2.24) is 19.9 Å². The van der Waals surface area contributed by atoms with E-state index in [-0.39, 0.29) is 0 Å². The van der Waals surface area contributed by atoms with E-state index in [1.54, 1.807) is 45.0 Å². The van der Waals surface area contributed by atoms with Crippen molar-refractivity contribution in [2.45, 2.75) is 32.8 Å². The minimum Gasteiger partial charge on any atom is -0.495 e. The van der Waals surface area contributed by atoms with Gasteiger partial charge in [-0.05, 0) is 56.4 Å². The summed E-state index contributed by atoms with van der Waals surface area (Å²) < 4.78 is 10.7. The van der Waals surface area contributed by atoms with Crippen LogP contribution in [-0.4, -0.2) is 38.8 Å². The van der Waals surface area contributed by atoms with Gasteiger partial charge < -0.3 is 14.6 Å². The minimum absolute atomic E-state index is 0.556. The Balaban J connectivity index is 0.000000252. The molecule has 0 aliphatic heterocycles. The topological polar surface area (TPSA) is 90.3 Å². The van der Waals surface area contributed by atoms with Crippen LogP contribution in [0, 0.1) is 12.8 Å². The molecule has 1 atom stereocenters. The highest BCUT2D eigenvalue weighted by atomic mass is 16.5. The van der Waals surface area contributed by atoms with Crippen LogP contribution in [0.5, 0.6) is 11.6 Å². The molecule has 1 aliphatic carbocycles. The van der Waals surface area contributed by atoms with E-state index >= 15 is 0 Å². The van der Waals surface area contributed by atoms with Crippen LogP contribution in [0.3, 0.4) is 0 Å². The number of ether oxygens (including phenoxy) is 2. The molecular weight excluding hydrogens is 368 g/mol. The normalized spacial score (nSPS) is 13.8. The number of aryl methyl sites for hydroxylation is 1. The van der Waals surface area contributed by atoms with Gasteiger partial charge in [0.25, 0.3) is 0 Å². The van der Waals surface area contributed by atoms with E-state index in [2.05, 4.69) is 19.9 Å². The second-order valence-electron chi connectivity index (χ2n) is 6.97. The Kier molecular flexibility index (Phi) is 7.08. The van der Waals surface area contributed by atoms with Gasteiger partial charge in [-0.15, -0.1) is 0 Å². The van der Waals surface area contributed by atoms with Gasteiger partial charge in [0.1, 0.15) is 11.6 Å². The molecule has 3 heterocycles. The summed E-state index contributed by atoms with van der Waals surface area (Å²) in [5, 5.41) is 9.69. The van der Waals surface area contributed by atoms with Crippen molar-refractivity contribution >= 4 is 0 Å². The number of methoxy groups -OCH3 is 1. The summed E-state index contributed by atoms with van der Waals surface area (Å²) in [6.45, 7) is 4.27. The van der Waals surface area contributed by atoms with Crippen molar-refractivity contribution in [2.24, 2.45) is 5.92 Å². The van der Waals surface area contributed by atoms with Crippen LogP contribution in [0.4, 0.5) is 0 Å². The lowest BCUT2D eigenvalue weighted by Gasteiger charge is -2.12. The van der Waals surface area contributed by atoms with Crippen molar-refractivity contribution in [3.8, 4) is 22.8 Å². The second kappa shape index (κ2) is 9.93. The zero-order valence-electron chi connectivity index (χ0n) is 16.9. The predicted molar refractivity (Wildman–Crippen MR) is 110 cm³/mol. The molecule has 0 spiro atoms. The highest BCUT2D eigenvalue weighted by molar-refractivity contribution is 5.67. The Bertz CT molecular complexity index is 915. The summed E-state index contributed by atoms with van der Waals surface area (Å²) in [6.07, 6.45) is 10.4. The van der Waals surface area contributed by atoms with Crippen LogP contribution in [0.1, 0.15) is 37.3 Å². The average Bonchev–Trinajstić information content (AvgIpc) is 3.58. The fourth-order valence-corrected chi connectivity index (χ4v) is 2.54. The van der Waals surface area contributed by atoms with Gasteiger partial charge in [-0.2, -0.15) is 4.98 Å². The average molecular weight is 394 g/mol. The number of rotatable bonds is 6. The van der Waals surface area contributed by atoms with Gasteiger partial charge in [0.2, 0.25) is 5.88 Å². The number of aliphatic hydroxyl groups is 1. The molecule has 0 radical (unpaired) electrons. The van der Waals surface area contributed by atoms with Crippen molar-refractivity contribution in [3.63, 3.8) is 0 Å². The second-order valence-corrected chi connectivity index (χ2v) is 6.97. The maximum absolute atomic E-state index is 9.69. The van der Waals surface area contributed by atoms with Crippen molar-refractivity contribution in [3.05, 3.63) is 60.6 Å². The molecule has 1 N–H and O–H groups in total. The number of pyridine rings is 2. The molecule has 29 heavy (non-hydrogen) atoms. The van der Waals surface area contributed by atoms with E-state index in [9.17, 15) is 5.11 Å². The third kappa shape index (κ3) is 6.22. The lowest BCUT2D eigenvalue weighted by Crippen LogP contribution is -2.04. The third-order valence-corrected chi connectivity index (χ3v) is 4.45. The first-order valence-corrected chi connectivity index (χ1v) is 9.60. The fourth-order valence-electron chi connectivity index (χ4n) is 2.54. The first kappa shape index (κ1) is 20.7. The largest absolute Gasteiger partial charge is 0.495 e. The molecule has 0 saturated heterocycles. The predicted octanol–water partition coefficient (Wildman–Crippen LogP) is 3.78. The maximum atomic E-state index is 9.69. The molecule has 1 saturated carbocycles. The summed E-state index contributed by atoms with van der Waals surface area (Å²) in [4.78, 5) is 16.7. The van der Waals surface area contributed by atoms with Gasteiger partial charge in [-0.3, -0.25) is 9.97 Å². The quantitative estimate of drug-likeness (QED) is 0.680. The Morgan fingerprint density at radius 3 is 2.62 bits per heavy atom. The first-order valence-electron chi connectivity index (χ1n) is 9.60. The summed E-state index contributed by atoms with van der Waals surface area (Å²) in [5.74, 6) is 2.74. The van der Waals surface area contributed by atoms with Gasteiger partial charge in [0.05, 0.1) is 31.6 Å². The molecule has 152 valence electrons. The van der Waals surface area contributed by atoms with Crippen LogP contribution < -0.4 is 9.47 Å². The fraction of sp³-hybridized carbons (Fsp3) is 0.364. The molecule has 4 rings (SSSR count). The standard InChI is InChI=1S/C16H19N3O2.C6H7NO/c1-10(20)13-5-14(7-17-6-13)15-8-18-11(2)19-16(15)21-9-12-3-4-12;1-8-6-3-2-4-7-5-6/h5-8,10,12,20H,3-4,9H2,1-2H3;2-5H,1H3. The lowest BCUT2D eigenvalue weighted by molar-refractivity contribution is 0.199. The highest BCUT2D eigenvalue weighted by Crippen LogP contribution is 2.33. The molecule has 7 nitrogen and oxygen atoms in total. The molecule has 1 unspecified atom stereocenters. The molecule has 0 bridgehead atoms. The smallest absolute Gasteiger partial charge is 0.224 e. The molecule has 1 fully saturated rings. The Morgan fingerprint density at radius 1 is 1.17 bits per heavy atom. The van der Waals surface area contributed by atoms with E-state index in [0.717, 1.165) is 22.4 Å². The first-order chi connectivity index (χ1) is 14.1. The molecule has 3 aromatic rings. The van der Waals surface area contributed by atoms with Crippen LogP contribution in [0.2, 0.25) is 0 Å². The number of hydrogen-bond acceptors (Lipinski definition) is 7. The monoisotopic (exact) mass is 394 g/mol. The van der Waals surface area contributed by atoms with Crippen molar-refractivity contribution in [1.29, 1.82) is 0 Å². The summed E-state index contributed by atoms with van der Waals surface area (Å²) >= 11 is 0. The Labute approximate surface area is 170 Å². The zero-order chi connectivity index (χ0) is 20.6. The molecule has 0 aromatic carbocycles. The number of nitrogens with zero attached hydrogens (tertiary/aromatic N) is 4. The number of hydrogen-bond donors (Lipinski definition) is 1. The van der Waals surface area contributed by atoms with Gasteiger partial charge in [0.15, 0.2) is 0 Å². The van der Waals surface area contributed by atoms with E-state index in [4.69, 9.17) is 9.47 Å². The SMILES string of the molecule is COc1cccnc1.Cc1ncc(-c2cncc(C(C)O)c2)c(OCC2CC2)n1. The maximum Gasteiger partial charge on any atom is 0.224 e. The van der Waals surface area contributed by atoms with Gasteiger partial charge in [0, 0.05) is 30.4 Å². The van der Waals surface area contributed by atoms with E-state index < -0.39 is 6.10 Å². The van der Waals surface area contributed by atoms with Gasteiger partial charge >= 0.3 is 0 Å². The van der Waals surface area contributed by atoms with E-state index in [1.807, 2.05) is 25.1 Å². The van der Waals surface area contributed by atoms with Crippen LogP contribution in [0.15, 0.2) is 49.2 Å². The highest BCUT2D eigenvalue weighted by Gasteiger charge is 2.23. The van der Waals surface area contributed by atoms with Gasteiger partial charge in [-0.1, -0.05) is 0 Å². The van der Waals surface area contributed by atoms with Gasteiger partial charge in [-0.25, -0.2) is 4.98 Å². The molecule has 0 amide bonds. The minimum atomic E-state index is -0.556. The van der Waals surface area contributed by atoms with E-state index in [0.29, 0.717) is 24.2 Å². The Morgan fingerprint density at radius 2 is 2.00 bits per heavy atom. The van der Waals surface area contributed by atoms with Crippen LogP contribution in [0.25, 0.3) is 11.1 Å². The summed E-state index contributed by atoms with van der Waals surface area (Å²) in [5.41, 5.74) is 2.44. The third-order valence-electron chi connectivity index (χ3n) is 4.45. The lowest BCUT2D eigenvalue weighted by atomic mass is 10.1. The number of aromatic nitrogens is 4.